The monoisotopic (exact) mass is 445 g/mol. The van der Waals surface area contributed by atoms with E-state index in [4.69, 9.17) is 21.1 Å². The molecule has 2 aromatic rings. The van der Waals surface area contributed by atoms with Gasteiger partial charge in [0.15, 0.2) is 0 Å². The smallest absolute Gasteiger partial charge is 0.396 e. The zero-order valence-electron chi connectivity index (χ0n) is 15.7. The molecule has 0 saturated heterocycles. The van der Waals surface area contributed by atoms with Crippen molar-refractivity contribution in [2.45, 2.75) is 37.6 Å². The lowest BCUT2D eigenvalue weighted by Crippen LogP contribution is -2.42. The van der Waals surface area contributed by atoms with Crippen LogP contribution in [0.3, 0.4) is 0 Å². The molecule has 1 atom stereocenters. The molecule has 0 aliphatic carbocycles. The van der Waals surface area contributed by atoms with Gasteiger partial charge in [0.05, 0.1) is 16.3 Å². The molecule has 0 saturated carbocycles. The molecule has 0 aromatic heterocycles. The Kier molecular flexibility index (Phi) is 4.87. The second-order valence-electron chi connectivity index (χ2n) is 7.61. The first-order valence-corrected chi connectivity index (χ1v) is 9.23. The molecule has 30 heavy (non-hydrogen) atoms. The highest BCUT2D eigenvalue weighted by atomic mass is 35.5. The van der Waals surface area contributed by atoms with Crippen LogP contribution in [0.1, 0.15) is 37.0 Å². The molecule has 11 heteroatoms. The molecule has 158 valence electrons. The Morgan fingerprint density at radius 1 is 1.17 bits per heavy atom. The average molecular weight is 446 g/mol. The van der Waals surface area contributed by atoms with Crippen molar-refractivity contribution in [3.8, 4) is 0 Å². The number of benzene rings is 2. The van der Waals surface area contributed by atoms with Crippen molar-refractivity contribution in [2.75, 3.05) is 0 Å². The molecular weight excluding hydrogens is 431 g/mol. The highest BCUT2D eigenvalue weighted by molar-refractivity contribution is 6.63. The van der Waals surface area contributed by atoms with Crippen LogP contribution in [-0.4, -0.2) is 19.0 Å². The quantitative estimate of drug-likeness (QED) is 0.497. The molecule has 4 nitrogen and oxygen atoms in total. The van der Waals surface area contributed by atoms with Crippen molar-refractivity contribution in [2.24, 2.45) is 5.16 Å². The standard InChI is InChI=1S/C19H14BClF5NO3/c1-17(2)12-7-10(3-5-13(12)20(28-17)30-26)16-9-18(29-27-16,19(23,24)25)11-4-6-15(22)14(21)8-11/h3-8H,9H2,1-2H3. The lowest BCUT2D eigenvalue weighted by atomic mass is 9.77. The Balaban J connectivity index is 1.73. The van der Waals surface area contributed by atoms with Gasteiger partial charge in [-0.2, -0.15) is 13.2 Å². The van der Waals surface area contributed by atoms with Crippen molar-refractivity contribution in [1.29, 1.82) is 0 Å². The first-order chi connectivity index (χ1) is 14.0. The second-order valence-corrected chi connectivity index (χ2v) is 8.02. The molecule has 2 aliphatic heterocycles. The van der Waals surface area contributed by atoms with E-state index in [0.717, 1.165) is 18.2 Å². The van der Waals surface area contributed by atoms with Crippen LogP contribution in [0.4, 0.5) is 22.1 Å². The Morgan fingerprint density at radius 2 is 1.90 bits per heavy atom. The van der Waals surface area contributed by atoms with Crippen LogP contribution in [-0.2, 0) is 25.6 Å². The van der Waals surface area contributed by atoms with Crippen LogP contribution in [0.2, 0.25) is 5.02 Å². The van der Waals surface area contributed by atoms with Gasteiger partial charge in [0.1, 0.15) is 5.82 Å². The minimum atomic E-state index is -4.86. The lowest BCUT2D eigenvalue weighted by Gasteiger charge is -2.29. The van der Waals surface area contributed by atoms with Crippen LogP contribution in [0.25, 0.3) is 0 Å². The lowest BCUT2D eigenvalue weighted by molar-refractivity contribution is -0.275. The van der Waals surface area contributed by atoms with Crippen LogP contribution in [0.5, 0.6) is 0 Å². The van der Waals surface area contributed by atoms with Gasteiger partial charge in [-0.15, -0.1) is 0 Å². The third-order valence-electron chi connectivity index (χ3n) is 5.34. The van der Waals surface area contributed by atoms with E-state index < -0.39 is 41.8 Å². The van der Waals surface area contributed by atoms with Gasteiger partial charge in [-0.1, -0.05) is 39.5 Å². The summed E-state index contributed by atoms with van der Waals surface area (Å²) in [4.78, 5) is 8.76. The van der Waals surface area contributed by atoms with E-state index in [-0.39, 0.29) is 11.3 Å². The third-order valence-corrected chi connectivity index (χ3v) is 5.63. The average Bonchev–Trinajstić information content (AvgIpc) is 3.24. The number of rotatable bonds is 3. The van der Waals surface area contributed by atoms with Gasteiger partial charge in [-0.05, 0) is 48.6 Å². The van der Waals surface area contributed by atoms with Gasteiger partial charge >= 0.3 is 13.3 Å². The van der Waals surface area contributed by atoms with Gasteiger partial charge in [-0.25, -0.2) is 9.25 Å². The minimum absolute atomic E-state index is 0.0241. The summed E-state index contributed by atoms with van der Waals surface area (Å²) in [5.41, 5.74) is -2.74. The molecule has 0 radical (unpaired) electrons. The summed E-state index contributed by atoms with van der Waals surface area (Å²) < 4.78 is 73.9. The molecule has 0 spiro atoms. The third kappa shape index (κ3) is 3.18. The van der Waals surface area contributed by atoms with Crippen molar-refractivity contribution < 1.29 is 36.4 Å². The van der Waals surface area contributed by atoms with Crippen molar-refractivity contribution in [3.05, 3.63) is 63.9 Å². The fourth-order valence-corrected chi connectivity index (χ4v) is 3.91. The number of halogens is 6. The van der Waals surface area contributed by atoms with Crippen LogP contribution >= 0.6 is 11.6 Å². The molecule has 0 amide bonds. The van der Waals surface area contributed by atoms with Gasteiger partial charge in [0, 0.05) is 12.0 Å². The molecule has 4 rings (SSSR count). The number of fused-ring (bicyclic) bond motifs is 1. The molecule has 1 unspecified atom stereocenters. The van der Waals surface area contributed by atoms with Crippen molar-refractivity contribution >= 4 is 29.9 Å². The van der Waals surface area contributed by atoms with E-state index in [2.05, 4.69) is 10.0 Å². The molecule has 2 heterocycles. The molecule has 0 fully saturated rings. The zero-order chi connectivity index (χ0) is 21.9. The predicted octanol–water partition coefficient (Wildman–Crippen LogP) is 4.92. The molecule has 2 aromatic carbocycles. The fraction of sp³-hybridized carbons (Fsp3) is 0.316. The number of nitrogens with zero attached hydrogens (tertiary/aromatic N) is 1. The summed E-state index contributed by atoms with van der Waals surface area (Å²) in [5.74, 6) is -0.845. The largest absolute Gasteiger partial charge is 0.533 e. The van der Waals surface area contributed by atoms with Crippen LogP contribution in [0.15, 0.2) is 41.6 Å². The molecule has 0 bridgehead atoms. The first-order valence-electron chi connectivity index (χ1n) is 8.86. The maximum absolute atomic E-state index is 14.0. The molecule has 2 aliphatic rings. The summed E-state index contributed by atoms with van der Waals surface area (Å²) in [6.45, 7) is 3.37. The zero-order valence-corrected chi connectivity index (χ0v) is 16.4. The van der Waals surface area contributed by atoms with E-state index in [1.807, 2.05) is 0 Å². The Hall–Kier alpha value is -2.17. The summed E-state index contributed by atoms with van der Waals surface area (Å²) >= 11 is 5.69. The number of alkyl halides is 3. The molecular formula is C19H14BClF5NO3. The highest BCUT2D eigenvalue weighted by Crippen LogP contribution is 2.49. The van der Waals surface area contributed by atoms with E-state index in [0.29, 0.717) is 16.6 Å². The van der Waals surface area contributed by atoms with Crippen LogP contribution < -0.4 is 5.46 Å². The van der Waals surface area contributed by atoms with Gasteiger partial charge < -0.3 is 9.49 Å². The summed E-state index contributed by atoms with van der Waals surface area (Å²) in [6, 6.07) is 7.26. The molecule has 0 N–H and O–H groups in total. The normalized spacial score (nSPS) is 22.7. The van der Waals surface area contributed by atoms with E-state index in [1.165, 1.54) is 12.1 Å². The second kappa shape index (κ2) is 6.93. The Labute approximate surface area is 173 Å². The Bertz CT molecular complexity index is 1050. The summed E-state index contributed by atoms with van der Waals surface area (Å²) in [5, 5.41) is 3.22. The SMILES string of the molecule is CC1(C)OB(OF)c2ccc(C3=NOC(c4ccc(F)c(Cl)c4)(C(F)(F)F)C3)cc21. The van der Waals surface area contributed by atoms with Gasteiger partial charge in [0.2, 0.25) is 0 Å². The maximum atomic E-state index is 14.0. The van der Waals surface area contributed by atoms with Gasteiger partial charge in [-0.3, -0.25) is 0 Å². The fourth-order valence-electron chi connectivity index (χ4n) is 3.73. The number of hydrogen-bond acceptors (Lipinski definition) is 4. The summed E-state index contributed by atoms with van der Waals surface area (Å²) in [7, 11) is -1.22. The van der Waals surface area contributed by atoms with Crippen molar-refractivity contribution in [1.82, 2.24) is 0 Å². The highest BCUT2D eigenvalue weighted by Gasteiger charge is 2.62. The number of oxime groups is 1. The Morgan fingerprint density at radius 3 is 2.53 bits per heavy atom. The van der Waals surface area contributed by atoms with Gasteiger partial charge in [0.25, 0.3) is 5.60 Å². The first kappa shape index (κ1) is 21.1. The van der Waals surface area contributed by atoms with E-state index in [1.54, 1.807) is 19.9 Å². The summed E-state index contributed by atoms with van der Waals surface area (Å²) in [6.07, 6.45) is -5.51. The minimum Gasteiger partial charge on any atom is -0.396 e. The number of hydrogen-bond donors (Lipinski definition) is 0. The van der Waals surface area contributed by atoms with E-state index >= 15 is 0 Å². The van der Waals surface area contributed by atoms with Crippen molar-refractivity contribution in [3.63, 3.8) is 0 Å². The predicted molar refractivity (Wildman–Crippen MR) is 99.5 cm³/mol. The topological polar surface area (TPSA) is 40.0 Å². The maximum Gasteiger partial charge on any atom is 0.533 e. The van der Waals surface area contributed by atoms with Crippen LogP contribution in [0, 0.1) is 5.82 Å². The van der Waals surface area contributed by atoms with E-state index in [9.17, 15) is 22.1 Å².